The van der Waals surface area contributed by atoms with Crippen LogP contribution in [0.25, 0.3) is 0 Å². The molecule has 2 aromatic carbocycles. The van der Waals surface area contributed by atoms with E-state index >= 15 is 0 Å². The Balaban J connectivity index is 1.58. The minimum Gasteiger partial charge on any atom is -0.493 e. The fraction of sp³-hybridized carbons (Fsp3) is 0.278. The number of ether oxygens (including phenoxy) is 1. The molecule has 0 unspecified atom stereocenters. The Kier molecular flexibility index (Phi) is 4.64. The van der Waals surface area contributed by atoms with Gasteiger partial charge in [0.2, 0.25) is 5.91 Å². The minimum absolute atomic E-state index is 0.112. The number of aryl methyl sites for hydroxylation is 1. The number of amides is 1. The van der Waals surface area contributed by atoms with Gasteiger partial charge in [-0.1, -0.05) is 29.8 Å². The summed E-state index contributed by atoms with van der Waals surface area (Å²) in [7, 11) is 0. The van der Waals surface area contributed by atoms with Gasteiger partial charge in [0, 0.05) is 17.3 Å². The van der Waals surface area contributed by atoms with E-state index in [1.54, 1.807) is 12.1 Å². The van der Waals surface area contributed by atoms with Crippen LogP contribution in [0.4, 0.5) is 5.69 Å². The molecule has 1 amide bonds. The summed E-state index contributed by atoms with van der Waals surface area (Å²) in [6.07, 6.45) is 2.43. The van der Waals surface area contributed by atoms with Crippen LogP contribution in [-0.4, -0.2) is 19.1 Å². The van der Waals surface area contributed by atoms with Crippen molar-refractivity contribution in [2.24, 2.45) is 0 Å². The normalized spacial score (nSPS) is 13.6. The molecule has 1 aliphatic rings. The molecule has 0 fully saturated rings. The predicted molar refractivity (Wildman–Crippen MR) is 88.7 cm³/mol. The Hall–Kier alpha value is -2.00. The van der Waals surface area contributed by atoms with Crippen LogP contribution < -0.4 is 9.64 Å². The second kappa shape index (κ2) is 6.84. The fourth-order valence-corrected chi connectivity index (χ4v) is 2.84. The molecule has 114 valence electrons. The van der Waals surface area contributed by atoms with Gasteiger partial charge >= 0.3 is 0 Å². The monoisotopic (exact) mass is 315 g/mol. The standard InChI is InChI=1S/C18H18ClNO2/c19-15-7-9-16(10-8-15)22-13-11-18(21)20-12-3-5-14-4-1-2-6-17(14)20/h1-2,4,6-10H,3,5,11-13H2. The van der Waals surface area contributed by atoms with Gasteiger partial charge in [-0.15, -0.1) is 0 Å². The molecule has 0 aromatic heterocycles. The highest BCUT2D eigenvalue weighted by Gasteiger charge is 2.21. The molecule has 1 aliphatic heterocycles. The molecule has 0 saturated carbocycles. The van der Waals surface area contributed by atoms with Crippen molar-refractivity contribution in [2.75, 3.05) is 18.1 Å². The third-order valence-corrected chi connectivity index (χ3v) is 4.06. The number of anilines is 1. The van der Waals surface area contributed by atoms with E-state index in [4.69, 9.17) is 16.3 Å². The van der Waals surface area contributed by atoms with E-state index < -0.39 is 0 Å². The highest BCUT2D eigenvalue weighted by Crippen LogP contribution is 2.27. The van der Waals surface area contributed by atoms with Crippen molar-refractivity contribution < 1.29 is 9.53 Å². The first kappa shape index (κ1) is 14.9. The number of hydrogen-bond acceptors (Lipinski definition) is 2. The van der Waals surface area contributed by atoms with Crippen molar-refractivity contribution in [3.8, 4) is 5.75 Å². The van der Waals surface area contributed by atoms with Gasteiger partial charge in [-0.3, -0.25) is 4.79 Å². The average molecular weight is 316 g/mol. The Bertz CT molecular complexity index is 654. The zero-order valence-corrected chi connectivity index (χ0v) is 13.1. The van der Waals surface area contributed by atoms with Crippen LogP contribution in [0.2, 0.25) is 5.02 Å². The summed E-state index contributed by atoms with van der Waals surface area (Å²) in [5, 5.41) is 0.674. The van der Waals surface area contributed by atoms with Gasteiger partial charge in [0.1, 0.15) is 5.75 Å². The Labute approximate surface area is 135 Å². The first-order valence-electron chi connectivity index (χ1n) is 7.51. The number of halogens is 1. The van der Waals surface area contributed by atoms with Crippen molar-refractivity contribution >= 4 is 23.2 Å². The average Bonchev–Trinajstić information content (AvgIpc) is 2.56. The summed E-state index contributed by atoms with van der Waals surface area (Å²) in [6, 6.07) is 15.3. The maximum atomic E-state index is 12.4. The van der Waals surface area contributed by atoms with E-state index in [2.05, 4.69) is 6.07 Å². The van der Waals surface area contributed by atoms with Crippen molar-refractivity contribution in [3.05, 3.63) is 59.1 Å². The van der Waals surface area contributed by atoms with Gasteiger partial charge in [0.05, 0.1) is 13.0 Å². The fourth-order valence-electron chi connectivity index (χ4n) is 2.71. The van der Waals surface area contributed by atoms with Crippen LogP contribution in [0.5, 0.6) is 5.75 Å². The quantitative estimate of drug-likeness (QED) is 0.850. The summed E-state index contributed by atoms with van der Waals surface area (Å²) >= 11 is 5.83. The highest BCUT2D eigenvalue weighted by molar-refractivity contribution is 6.30. The number of carbonyl (C=O) groups excluding carboxylic acids is 1. The van der Waals surface area contributed by atoms with Crippen LogP contribution in [0.3, 0.4) is 0 Å². The van der Waals surface area contributed by atoms with Gasteiger partial charge in [-0.2, -0.15) is 0 Å². The van der Waals surface area contributed by atoms with Gasteiger partial charge in [0.25, 0.3) is 0 Å². The molecule has 3 rings (SSSR count). The smallest absolute Gasteiger partial charge is 0.230 e. The maximum Gasteiger partial charge on any atom is 0.230 e. The molecular formula is C18H18ClNO2. The number of rotatable bonds is 4. The lowest BCUT2D eigenvalue weighted by Crippen LogP contribution is -2.36. The third kappa shape index (κ3) is 3.42. The topological polar surface area (TPSA) is 29.5 Å². The minimum atomic E-state index is 0.112. The van der Waals surface area contributed by atoms with Crippen molar-refractivity contribution in [1.29, 1.82) is 0 Å². The molecule has 4 heteroatoms. The lowest BCUT2D eigenvalue weighted by atomic mass is 10.0. The number of hydrogen-bond donors (Lipinski definition) is 0. The van der Waals surface area contributed by atoms with Crippen molar-refractivity contribution in [3.63, 3.8) is 0 Å². The lowest BCUT2D eigenvalue weighted by molar-refractivity contribution is -0.119. The molecule has 2 aromatic rings. The number of fused-ring (bicyclic) bond motifs is 1. The van der Waals surface area contributed by atoms with Crippen LogP contribution in [-0.2, 0) is 11.2 Å². The van der Waals surface area contributed by atoms with E-state index in [0.717, 1.165) is 30.8 Å². The molecule has 0 spiro atoms. The Morgan fingerprint density at radius 1 is 1.14 bits per heavy atom. The summed E-state index contributed by atoms with van der Waals surface area (Å²) in [5.74, 6) is 0.845. The van der Waals surface area contributed by atoms with E-state index in [9.17, 15) is 4.79 Å². The first-order chi connectivity index (χ1) is 10.7. The SMILES string of the molecule is O=C(CCOc1ccc(Cl)cc1)N1CCCc2ccccc21. The van der Waals surface area contributed by atoms with E-state index in [-0.39, 0.29) is 5.91 Å². The zero-order valence-electron chi connectivity index (χ0n) is 12.3. The molecule has 0 radical (unpaired) electrons. The largest absolute Gasteiger partial charge is 0.493 e. The summed E-state index contributed by atoms with van der Waals surface area (Å²) < 4.78 is 5.60. The van der Waals surface area contributed by atoms with Crippen molar-refractivity contribution in [2.45, 2.75) is 19.3 Å². The Morgan fingerprint density at radius 3 is 2.73 bits per heavy atom. The zero-order chi connectivity index (χ0) is 15.4. The molecule has 22 heavy (non-hydrogen) atoms. The first-order valence-corrected chi connectivity index (χ1v) is 7.88. The number of benzene rings is 2. The molecule has 0 saturated heterocycles. The molecular weight excluding hydrogens is 298 g/mol. The van der Waals surface area contributed by atoms with Crippen molar-refractivity contribution in [1.82, 2.24) is 0 Å². The lowest BCUT2D eigenvalue weighted by Gasteiger charge is -2.29. The van der Waals surface area contributed by atoms with Crippen LogP contribution in [0, 0.1) is 0 Å². The van der Waals surface area contributed by atoms with E-state index in [0.29, 0.717) is 18.1 Å². The van der Waals surface area contributed by atoms with Gasteiger partial charge in [-0.05, 0) is 48.7 Å². The molecule has 3 nitrogen and oxygen atoms in total. The predicted octanol–water partition coefficient (Wildman–Crippen LogP) is 4.09. The number of nitrogens with zero attached hydrogens (tertiary/aromatic N) is 1. The molecule has 0 atom stereocenters. The molecule has 0 aliphatic carbocycles. The van der Waals surface area contributed by atoms with Crippen LogP contribution in [0.1, 0.15) is 18.4 Å². The Morgan fingerprint density at radius 2 is 1.91 bits per heavy atom. The van der Waals surface area contributed by atoms with E-state index in [1.165, 1.54) is 5.56 Å². The highest BCUT2D eigenvalue weighted by atomic mass is 35.5. The van der Waals surface area contributed by atoms with Crippen LogP contribution >= 0.6 is 11.6 Å². The van der Waals surface area contributed by atoms with Gasteiger partial charge in [-0.25, -0.2) is 0 Å². The van der Waals surface area contributed by atoms with E-state index in [1.807, 2.05) is 35.2 Å². The summed E-state index contributed by atoms with van der Waals surface area (Å²) in [4.78, 5) is 14.3. The second-order valence-electron chi connectivity index (χ2n) is 5.33. The summed E-state index contributed by atoms with van der Waals surface area (Å²) in [5.41, 5.74) is 2.30. The van der Waals surface area contributed by atoms with Crippen LogP contribution in [0.15, 0.2) is 48.5 Å². The van der Waals surface area contributed by atoms with Gasteiger partial charge < -0.3 is 9.64 Å². The third-order valence-electron chi connectivity index (χ3n) is 3.81. The number of carbonyl (C=O) groups is 1. The van der Waals surface area contributed by atoms with Gasteiger partial charge in [0.15, 0.2) is 0 Å². The molecule has 0 bridgehead atoms. The summed E-state index contributed by atoms with van der Waals surface area (Å²) in [6.45, 7) is 1.16. The maximum absolute atomic E-state index is 12.4. The molecule has 0 N–H and O–H groups in total. The number of para-hydroxylation sites is 1. The second-order valence-corrected chi connectivity index (χ2v) is 5.77. The molecule has 1 heterocycles.